The highest BCUT2D eigenvalue weighted by Gasteiger charge is 2.42. The summed E-state index contributed by atoms with van der Waals surface area (Å²) in [5.41, 5.74) is 3.63. The summed E-state index contributed by atoms with van der Waals surface area (Å²) in [5.74, 6) is 0. The van der Waals surface area contributed by atoms with E-state index in [4.69, 9.17) is 4.98 Å². The monoisotopic (exact) mass is 524 g/mol. The number of hydroxylamine groups is 4. The molecule has 200 valence electrons. The standard InChI is InChI=1S/C30H32N6O3/c31-19-30(27-11-5-6-14-32-27)12-15-36(39,16-13-30)18-21-17-24-28(23-8-2-1-7-22(21)23)33-20-35(29(24)37)26-10-4-3-9-25(26)34-38/h1-2,5-8,11,14,17,20,25-26,34,38H,3-4,9-10,12-13,15-16,18H2/t25-,26-,30?,36?/m0/s1. The van der Waals surface area contributed by atoms with Crippen molar-refractivity contribution in [3.05, 3.63) is 87.9 Å². The molecule has 2 aromatic heterocycles. The zero-order valence-electron chi connectivity index (χ0n) is 21.8. The van der Waals surface area contributed by atoms with Crippen LogP contribution in [0.1, 0.15) is 55.8 Å². The molecule has 2 fully saturated rings. The van der Waals surface area contributed by atoms with Gasteiger partial charge in [-0.3, -0.25) is 14.3 Å². The van der Waals surface area contributed by atoms with Crippen molar-refractivity contribution in [2.45, 2.75) is 62.6 Å². The van der Waals surface area contributed by atoms with E-state index in [2.05, 4.69) is 16.5 Å². The fraction of sp³-hybridized carbons (Fsp3) is 0.400. The Morgan fingerprint density at radius 1 is 1.08 bits per heavy atom. The van der Waals surface area contributed by atoms with E-state index in [9.17, 15) is 20.5 Å². The van der Waals surface area contributed by atoms with Crippen LogP contribution in [0.2, 0.25) is 0 Å². The first kappa shape index (κ1) is 25.6. The lowest BCUT2D eigenvalue weighted by molar-refractivity contribution is -0.899. The van der Waals surface area contributed by atoms with Crippen LogP contribution in [0.4, 0.5) is 0 Å². The van der Waals surface area contributed by atoms with Crippen molar-refractivity contribution < 1.29 is 9.85 Å². The van der Waals surface area contributed by atoms with E-state index >= 15 is 0 Å². The number of hydrogen-bond acceptors (Lipinski definition) is 7. The van der Waals surface area contributed by atoms with Gasteiger partial charge in [-0.25, -0.2) is 10.5 Å². The van der Waals surface area contributed by atoms with Crippen LogP contribution >= 0.6 is 0 Å². The van der Waals surface area contributed by atoms with Crippen molar-refractivity contribution in [1.82, 2.24) is 20.0 Å². The van der Waals surface area contributed by atoms with Gasteiger partial charge in [0.2, 0.25) is 0 Å². The molecule has 3 heterocycles. The predicted molar refractivity (Wildman–Crippen MR) is 148 cm³/mol. The first-order chi connectivity index (χ1) is 19.0. The molecule has 0 bridgehead atoms. The number of fused-ring (bicyclic) bond motifs is 3. The SMILES string of the molecule is N#CC1(c2ccccn2)CC[N+]([O-])(Cc2cc3c(=O)n([C@H]4CCCC[C@@H]4NO)cnc3c3ccccc23)CC1. The first-order valence-corrected chi connectivity index (χ1v) is 13.7. The van der Waals surface area contributed by atoms with Gasteiger partial charge in [0.1, 0.15) is 12.0 Å². The molecule has 2 N–H and O–H groups in total. The number of benzene rings is 2. The van der Waals surface area contributed by atoms with E-state index in [1.165, 1.54) is 0 Å². The molecule has 1 saturated carbocycles. The predicted octanol–water partition coefficient (Wildman–Crippen LogP) is 4.48. The van der Waals surface area contributed by atoms with Gasteiger partial charge in [0.05, 0.1) is 54.2 Å². The average Bonchev–Trinajstić information content (AvgIpc) is 2.99. The molecule has 0 radical (unpaired) electrons. The van der Waals surface area contributed by atoms with Gasteiger partial charge in [0.15, 0.2) is 0 Å². The third-order valence-corrected chi connectivity index (χ3v) is 8.85. The van der Waals surface area contributed by atoms with Gasteiger partial charge in [0.25, 0.3) is 5.56 Å². The lowest BCUT2D eigenvalue weighted by Gasteiger charge is -2.49. The van der Waals surface area contributed by atoms with Crippen LogP contribution in [0.25, 0.3) is 21.7 Å². The molecule has 4 aromatic rings. The third kappa shape index (κ3) is 4.49. The number of hydrogen-bond donors (Lipinski definition) is 2. The quantitative estimate of drug-likeness (QED) is 0.171. The van der Waals surface area contributed by atoms with Crippen LogP contribution in [-0.2, 0) is 12.0 Å². The summed E-state index contributed by atoms with van der Waals surface area (Å²) < 4.78 is 1.18. The van der Waals surface area contributed by atoms with Crippen molar-refractivity contribution in [3.8, 4) is 6.07 Å². The number of nitrogens with one attached hydrogen (secondary N) is 1. The van der Waals surface area contributed by atoms with Crippen LogP contribution in [0.5, 0.6) is 0 Å². The first-order valence-electron chi connectivity index (χ1n) is 13.7. The second-order valence-electron chi connectivity index (χ2n) is 11.1. The van der Waals surface area contributed by atoms with Crippen molar-refractivity contribution >= 4 is 21.7 Å². The molecule has 0 amide bonds. The molecule has 9 heteroatoms. The van der Waals surface area contributed by atoms with Gasteiger partial charge in [-0.15, -0.1) is 0 Å². The Bertz CT molecular complexity index is 1600. The second kappa shape index (κ2) is 10.1. The topological polar surface area (TPSA) is 127 Å². The maximum absolute atomic E-state index is 14.1. The fourth-order valence-electron chi connectivity index (χ4n) is 6.58. The van der Waals surface area contributed by atoms with E-state index in [0.717, 1.165) is 47.7 Å². The van der Waals surface area contributed by atoms with Gasteiger partial charge in [-0.05, 0) is 36.4 Å². The zero-order chi connectivity index (χ0) is 27.0. The minimum absolute atomic E-state index is 0.158. The van der Waals surface area contributed by atoms with Crippen molar-refractivity contribution in [3.63, 3.8) is 0 Å². The van der Waals surface area contributed by atoms with Gasteiger partial charge in [0, 0.05) is 30.0 Å². The van der Waals surface area contributed by atoms with Gasteiger partial charge in [-0.2, -0.15) is 5.26 Å². The molecule has 0 unspecified atom stereocenters. The molecular formula is C30H32N6O3. The smallest absolute Gasteiger partial charge is 0.261 e. The average molecular weight is 525 g/mol. The highest BCUT2D eigenvalue weighted by Crippen LogP contribution is 2.38. The second-order valence-corrected chi connectivity index (χ2v) is 11.1. The number of quaternary nitrogens is 1. The molecule has 9 nitrogen and oxygen atoms in total. The maximum atomic E-state index is 14.1. The van der Waals surface area contributed by atoms with Crippen LogP contribution in [0.3, 0.4) is 0 Å². The summed E-state index contributed by atoms with van der Waals surface area (Å²) in [6.07, 6.45) is 7.70. The van der Waals surface area contributed by atoms with E-state index in [1.54, 1.807) is 17.1 Å². The Morgan fingerprint density at radius 3 is 2.54 bits per heavy atom. The number of nitrogens with zero attached hydrogens (tertiary/aromatic N) is 5. The number of pyridine rings is 1. The summed E-state index contributed by atoms with van der Waals surface area (Å²) >= 11 is 0. The molecule has 1 saturated heterocycles. The Kier molecular flexibility index (Phi) is 6.65. The number of nitriles is 1. The molecule has 1 aliphatic carbocycles. The summed E-state index contributed by atoms with van der Waals surface area (Å²) in [6, 6.07) is 17.3. The molecular weight excluding hydrogens is 492 g/mol. The lowest BCUT2D eigenvalue weighted by atomic mass is 9.76. The minimum atomic E-state index is -0.756. The Hall–Kier alpha value is -3.68. The van der Waals surface area contributed by atoms with E-state index in [0.29, 0.717) is 36.8 Å². The Labute approximate surface area is 226 Å². The Morgan fingerprint density at radius 2 is 1.82 bits per heavy atom. The molecule has 39 heavy (non-hydrogen) atoms. The van der Waals surface area contributed by atoms with Crippen LogP contribution in [0.15, 0.2) is 65.8 Å². The van der Waals surface area contributed by atoms with Gasteiger partial charge < -0.3 is 15.1 Å². The third-order valence-electron chi connectivity index (χ3n) is 8.85. The van der Waals surface area contributed by atoms with Crippen molar-refractivity contribution in [1.29, 1.82) is 5.26 Å². The summed E-state index contributed by atoms with van der Waals surface area (Å²) in [5, 5.41) is 36.1. The van der Waals surface area contributed by atoms with Gasteiger partial charge in [-0.1, -0.05) is 43.2 Å². The van der Waals surface area contributed by atoms with Gasteiger partial charge >= 0.3 is 0 Å². The maximum Gasteiger partial charge on any atom is 0.261 e. The number of rotatable bonds is 5. The number of piperidine rings is 1. The minimum Gasteiger partial charge on any atom is -0.633 e. The molecule has 2 atom stereocenters. The number of likely N-dealkylation sites (tertiary alicyclic amines) is 1. The van der Waals surface area contributed by atoms with Crippen molar-refractivity contribution in [2.75, 3.05) is 13.1 Å². The molecule has 1 aliphatic heterocycles. The fourth-order valence-corrected chi connectivity index (χ4v) is 6.58. The molecule has 0 spiro atoms. The normalized spacial score (nSPS) is 27.4. The highest BCUT2D eigenvalue weighted by molar-refractivity contribution is 6.06. The lowest BCUT2D eigenvalue weighted by Crippen LogP contribution is -2.52. The van der Waals surface area contributed by atoms with E-state index in [-0.39, 0.29) is 24.2 Å². The number of aromatic nitrogens is 3. The summed E-state index contributed by atoms with van der Waals surface area (Å²) in [4.78, 5) is 23.0. The van der Waals surface area contributed by atoms with Crippen LogP contribution < -0.4 is 11.0 Å². The summed E-state index contributed by atoms with van der Waals surface area (Å²) in [6.45, 7) is 0.790. The zero-order valence-corrected chi connectivity index (χ0v) is 21.8. The summed E-state index contributed by atoms with van der Waals surface area (Å²) in [7, 11) is 0. The highest BCUT2D eigenvalue weighted by atomic mass is 16.5. The van der Waals surface area contributed by atoms with Crippen LogP contribution in [0, 0.1) is 16.5 Å². The van der Waals surface area contributed by atoms with Crippen LogP contribution in [-0.4, -0.2) is 43.5 Å². The van der Waals surface area contributed by atoms with E-state index < -0.39 is 10.1 Å². The molecule has 6 rings (SSSR count). The Balaban J connectivity index is 1.38. The molecule has 2 aliphatic rings. The largest absolute Gasteiger partial charge is 0.633 e. The van der Waals surface area contributed by atoms with Crippen molar-refractivity contribution in [2.24, 2.45) is 0 Å². The molecule has 2 aromatic carbocycles. The van der Waals surface area contributed by atoms with E-state index in [1.807, 2.05) is 48.5 Å².